The molecule has 0 saturated carbocycles. The molecular formula is C92H144N10O14S6. The number of rotatable bonds is 56. The summed E-state index contributed by atoms with van der Waals surface area (Å²) in [6, 6.07) is 18.1. The molecule has 2 aromatic carbocycles. The first kappa shape index (κ1) is 106. The number of alkyl carbamates (subject to hydrolysis) is 2. The molecule has 30 heteroatoms. The van der Waals surface area contributed by atoms with Crippen LogP contribution in [-0.4, -0.2) is 229 Å². The van der Waals surface area contributed by atoms with E-state index in [0.29, 0.717) is 68.0 Å². The molecule has 2 fully saturated rings. The quantitative estimate of drug-likeness (QED) is 0.0138. The first-order valence-electron chi connectivity index (χ1n) is 44.0. The molecule has 2 aliphatic heterocycles. The number of nitrogens with one attached hydrogen (secondary N) is 4. The van der Waals surface area contributed by atoms with Gasteiger partial charge in [-0.05, 0) is 145 Å². The number of aromatic nitrogens is 2. The topological polar surface area (TPSA) is 294 Å². The van der Waals surface area contributed by atoms with Gasteiger partial charge in [0.25, 0.3) is 11.8 Å². The van der Waals surface area contributed by atoms with Crippen molar-refractivity contribution in [1.82, 2.24) is 50.8 Å². The fourth-order valence-corrected chi connectivity index (χ4v) is 19.5. The molecule has 4 N–H and O–H groups in total. The zero-order chi connectivity index (χ0) is 89.8. The normalized spacial score (nSPS) is 17.4. The molecule has 682 valence electrons. The third-order valence-corrected chi connectivity index (χ3v) is 29.2. The third-order valence-electron chi connectivity index (χ3n) is 23.5. The van der Waals surface area contributed by atoms with Gasteiger partial charge in [0.2, 0.25) is 11.8 Å². The number of piperidine rings is 2. The van der Waals surface area contributed by atoms with Crippen LogP contribution in [0.1, 0.15) is 240 Å². The lowest BCUT2D eigenvalue weighted by molar-refractivity contribution is -0.151. The fourth-order valence-electron chi connectivity index (χ4n) is 15.7. The van der Waals surface area contributed by atoms with Crippen LogP contribution in [0.4, 0.5) is 9.59 Å². The number of hydrogen-bond acceptors (Lipinski definition) is 24. The Hall–Kier alpha value is -6.22. The van der Waals surface area contributed by atoms with Crippen molar-refractivity contribution in [2.75, 3.05) is 104 Å². The molecule has 4 heterocycles. The number of amides is 6. The molecule has 2 aromatic heterocycles. The maximum absolute atomic E-state index is 14.7. The summed E-state index contributed by atoms with van der Waals surface area (Å²) in [5, 5.41) is 16.5. The number of ketones is 4. The van der Waals surface area contributed by atoms with Gasteiger partial charge >= 0.3 is 12.2 Å². The summed E-state index contributed by atoms with van der Waals surface area (Å²) < 4.78 is 22.4. The van der Waals surface area contributed by atoms with Crippen LogP contribution in [0.3, 0.4) is 0 Å². The molecule has 0 radical (unpaired) electrons. The summed E-state index contributed by atoms with van der Waals surface area (Å²) in [6.07, 6.45) is 15.9. The molecule has 2 saturated heterocycles. The van der Waals surface area contributed by atoms with E-state index in [-0.39, 0.29) is 178 Å². The molecule has 0 spiro atoms. The summed E-state index contributed by atoms with van der Waals surface area (Å²) in [5.74, 6) is -1.29. The van der Waals surface area contributed by atoms with Gasteiger partial charge in [-0.2, -0.15) is 0 Å². The number of Topliss-reactive ketones (excluding diaryl/α,β-unsaturated/α-hetero) is 4. The van der Waals surface area contributed by atoms with Gasteiger partial charge in [0.05, 0.1) is 41.8 Å². The molecule has 2 aliphatic rings. The van der Waals surface area contributed by atoms with Crippen molar-refractivity contribution in [3.05, 3.63) is 117 Å². The summed E-state index contributed by atoms with van der Waals surface area (Å²) in [7, 11) is 10.4. The lowest BCUT2D eigenvalue weighted by atomic mass is 9.82. The molecule has 0 bridgehead atoms. The summed E-state index contributed by atoms with van der Waals surface area (Å²) >= 11 is 2.83. The molecule has 6 rings (SSSR count). The molecule has 14 atom stereocenters. The number of benzene rings is 2. The van der Waals surface area contributed by atoms with E-state index in [1.807, 2.05) is 111 Å². The fraction of sp³-hybridized carbons (Fsp3) is 0.674. The lowest BCUT2D eigenvalue weighted by Crippen LogP contribution is -2.50. The molecule has 122 heavy (non-hydrogen) atoms. The smallest absolute Gasteiger partial charge is 0.407 e. The van der Waals surface area contributed by atoms with Gasteiger partial charge in [-0.15, -0.1) is 29.3 Å². The average Bonchev–Trinajstić information content (AvgIpc) is 1.16. The van der Waals surface area contributed by atoms with Crippen LogP contribution in [0.15, 0.2) is 84.1 Å². The Morgan fingerprint density at radius 3 is 1.30 bits per heavy atom. The van der Waals surface area contributed by atoms with Crippen molar-refractivity contribution < 1.29 is 66.9 Å². The number of carbonyl (C=O) groups excluding carboxylic acids is 10. The number of nitrogens with zero attached hydrogens (tertiary/aromatic N) is 6. The van der Waals surface area contributed by atoms with Gasteiger partial charge in [-0.25, -0.2) is 19.6 Å². The Labute approximate surface area is 752 Å². The first-order chi connectivity index (χ1) is 58.4. The second-order valence-electron chi connectivity index (χ2n) is 33.7. The van der Waals surface area contributed by atoms with Crippen LogP contribution in [0.5, 0.6) is 0 Å². The van der Waals surface area contributed by atoms with E-state index in [1.165, 1.54) is 22.7 Å². The summed E-state index contributed by atoms with van der Waals surface area (Å²) in [5.41, 5.74) is 2.63. The minimum absolute atomic E-state index is 0.00335. The van der Waals surface area contributed by atoms with E-state index < -0.39 is 35.9 Å². The van der Waals surface area contributed by atoms with Crippen molar-refractivity contribution in [3.63, 3.8) is 0 Å². The lowest BCUT2D eigenvalue weighted by Gasteiger charge is -2.39. The number of carbonyl (C=O) groups is 10. The Kier molecular flexibility index (Phi) is 50.7. The van der Waals surface area contributed by atoms with Gasteiger partial charge < -0.3 is 50.0 Å². The Morgan fingerprint density at radius 2 is 0.943 bits per heavy atom. The highest BCUT2D eigenvalue weighted by molar-refractivity contribution is 8.76. The average molecular weight is 1810 g/mol. The highest BCUT2D eigenvalue weighted by atomic mass is 33.1. The second-order valence-corrected chi connectivity index (χ2v) is 40.8. The van der Waals surface area contributed by atoms with Gasteiger partial charge in [0.1, 0.15) is 38.1 Å². The molecule has 6 amide bonds. The van der Waals surface area contributed by atoms with E-state index in [9.17, 15) is 47.9 Å². The first-order valence-corrected chi connectivity index (χ1v) is 51.2. The van der Waals surface area contributed by atoms with E-state index >= 15 is 0 Å². The highest BCUT2D eigenvalue weighted by Gasteiger charge is 2.41. The van der Waals surface area contributed by atoms with Crippen molar-refractivity contribution in [3.8, 4) is 0 Å². The molecule has 4 aromatic rings. The number of likely N-dealkylation sites (N-methyl/N-ethyl adjacent to an activating group) is 2. The van der Waals surface area contributed by atoms with E-state index in [2.05, 4.69) is 107 Å². The maximum Gasteiger partial charge on any atom is 0.407 e. The summed E-state index contributed by atoms with van der Waals surface area (Å²) in [4.78, 5) is 153. The van der Waals surface area contributed by atoms with Crippen LogP contribution >= 0.6 is 65.8 Å². The highest BCUT2D eigenvalue weighted by Crippen LogP contribution is 2.36. The SMILES string of the molecule is C=CCOCN(C(=O)[C@@H](CC(=O)[C@H]1CCCCN1C)C(C)CC)[C@H](C[C@@H](C)c1nc(C(=O)N[C@@H](Cc2ccccc2)C[C@H](C)C(=O)CNC(=O)OCCSSC)cs1)C(C)C.CCCOCN(C(=O)[C@@H](CC(=O)[C@H]1CCCCN1C)C(C)CC)[C@H](C[C@@H](C)c1nc(C(=O)N[C@@H](Cc2ccccc2)C[C@H](C)C(=O)CNC(=O)OCCSSC)cs1)C(C)C. The van der Waals surface area contributed by atoms with Crippen molar-refractivity contribution in [2.45, 2.75) is 247 Å². The van der Waals surface area contributed by atoms with Crippen molar-refractivity contribution in [2.24, 2.45) is 47.3 Å². The summed E-state index contributed by atoms with van der Waals surface area (Å²) in [6.45, 7) is 33.3. The van der Waals surface area contributed by atoms with Crippen molar-refractivity contribution >= 4 is 125 Å². The standard InChI is InChI=1S/C46H73N5O7S3.C46H71N5O7S3/c2*1-10-21-57-30-51(45(55)37(32(5)11-2)27-41(52)39-19-15-16-20-50(39)8)40(31(3)4)25-34(7)44-49-38(29-60-44)43(54)48-36(26-35-17-13-12-14-18-35)24-33(6)42(53)28-47-46(56)58-22-23-61-59-9/h12-14,17-18,29,31-34,36-37,39-40H,10-11,15-16,19-28,30H2,1-9H3,(H,47,56)(H,48,54);10,12-14,17-18,29,31-34,36-37,39-40H,1,11,15-16,19-28,30H2,2-9H3,(H,47,56)(H,48,54)/t2*32?,33-,34+,36+,37-,39+,40+/m00/s1. The van der Waals surface area contributed by atoms with Gasteiger partial charge in [-0.1, -0.05) is 226 Å². The van der Waals surface area contributed by atoms with Crippen LogP contribution in [0.25, 0.3) is 0 Å². The van der Waals surface area contributed by atoms with Crippen LogP contribution in [0, 0.1) is 47.3 Å². The second kappa shape index (κ2) is 58.2. The molecule has 2 unspecified atom stereocenters. The van der Waals surface area contributed by atoms with Gasteiger partial charge in [0.15, 0.2) is 23.1 Å². The van der Waals surface area contributed by atoms with Crippen LogP contribution in [-0.2, 0) is 60.6 Å². The van der Waals surface area contributed by atoms with E-state index in [0.717, 1.165) is 92.0 Å². The third kappa shape index (κ3) is 37.0. The Balaban J connectivity index is 0.000000434. The van der Waals surface area contributed by atoms with E-state index in [1.54, 1.807) is 66.9 Å². The number of thiazole rings is 2. The zero-order valence-electron chi connectivity index (χ0n) is 75.8. The van der Waals surface area contributed by atoms with Crippen LogP contribution in [0.2, 0.25) is 0 Å². The molecule has 24 nitrogen and oxygen atoms in total. The van der Waals surface area contributed by atoms with Crippen LogP contribution < -0.4 is 21.3 Å². The predicted molar refractivity (Wildman–Crippen MR) is 500 cm³/mol. The zero-order valence-corrected chi connectivity index (χ0v) is 80.7. The monoisotopic (exact) mass is 1800 g/mol. The molecule has 0 aliphatic carbocycles. The maximum atomic E-state index is 14.7. The number of ether oxygens (including phenoxy) is 4. The largest absolute Gasteiger partial charge is 0.449 e. The number of hydrogen-bond donors (Lipinski definition) is 4. The minimum atomic E-state index is -0.630. The van der Waals surface area contributed by atoms with Gasteiger partial charge in [-0.3, -0.25) is 48.2 Å². The Morgan fingerprint density at radius 1 is 0.549 bits per heavy atom. The Bertz CT molecular complexity index is 3800. The number of likely N-dealkylation sites (tertiary alicyclic amines) is 2. The van der Waals surface area contributed by atoms with E-state index in [4.69, 9.17) is 28.9 Å². The predicted octanol–water partition coefficient (Wildman–Crippen LogP) is 17.1. The minimum Gasteiger partial charge on any atom is -0.449 e. The molecular weight excluding hydrogens is 1660 g/mol. The van der Waals surface area contributed by atoms with Gasteiger partial charge in [0, 0.05) is 101 Å². The van der Waals surface area contributed by atoms with Crippen molar-refractivity contribution in [1.29, 1.82) is 0 Å².